The molecule has 0 amide bonds. The summed E-state index contributed by atoms with van der Waals surface area (Å²) in [7, 11) is 0. The molecule has 0 spiro atoms. The first-order chi connectivity index (χ1) is 3.68. The van der Waals surface area contributed by atoms with Crippen molar-refractivity contribution in [1.29, 1.82) is 0 Å². The van der Waals surface area contributed by atoms with E-state index in [4.69, 9.17) is 0 Å². The van der Waals surface area contributed by atoms with Crippen molar-refractivity contribution >= 4 is 6.47 Å². The maximum Gasteiger partial charge on any atom is 0.293 e. The standard InChI is InChI=1S/C4H6F2O2/c1-3(4(5)6)8-2-7/h2-4H,1H3. The van der Waals surface area contributed by atoms with Crippen LogP contribution in [0, 0.1) is 0 Å². The summed E-state index contributed by atoms with van der Waals surface area (Å²) < 4.78 is 26.5. The van der Waals surface area contributed by atoms with Crippen LogP contribution in [0.1, 0.15) is 6.92 Å². The predicted molar refractivity (Wildman–Crippen MR) is 22.6 cm³/mol. The van der Waals surface area contributed by atoms with E-state index in [2.05, 4.69) is 4.74 Å². The molecule has 0 N–H and O–H groups in total. The lowest BCUT2D eigenvalue weighted by molar-refractivity contribution is -0.139. The fourth-order valence-electron chi connectivity index (χ4n) is 0.147. The molecule has 1 atom stereocenters. The van der Waals surface area contributed by atoms with Gasteiger partial charge >= 0.3 is 0 Å². The number of carbonyl (C=O) groups is 1. The Balaban J connectivity index is 3.30. The minimum Gasteiger partial charge on any atom is -0.459 e. The molecule has 0 radical (unpaired) electrons. The predicted octanol–water partition coefficient (Wildman–Crippen LogP) is 0.813. The monoisotopic (exact) mass is 124 g/mol. The van der Waals surface area contributed by atoms with Crippen LogP contribution in [0.25, 0.3) is 0 Å². The van der Waals surface area contributed by atoms with Crippen LogP contribution in [0.4, 0.5) is 8.78 Å². The molecule has 0 rings (SSSR count). The van der Waals surface area contributed by atoms with Crippen molar-refractivity contribution in [1.82, 2.24) is 0 Å². The van der Waals surface area contributed by atoms with Crippen molar-refractivity contribution in [2.45, 2.75) is 19.5 Å². The number of rotatable bonds is 3. The molecule has 0 aromatic carbocycles. The van der Waals surface area contributed by atoms with Gasteiger partial charge in [0, 0.05) is 0 Å². The highest BCUT2D eigenvalue weighted by Crippen LogP contribution is 2.01. The van der Waals surface area contributed by atoms with Crippen molar-refractivity contribution in [3.05, 3.63) is 0 Å². The first kappa shape index (κ1) is 7.33. The summed E-state index contributed by atoms with van der Waals surface area (Å²) in [6, 6.07) is 0. The minimum absolute atomic E-state index is 0.0107. The smallest absolute Gasteiger partial charge is 0.293 e. The Kier molecular flexibility index (Phi) is 3.07. The molecular weight excluding hydrogens is 118 g/mol. The molecule has 48 valence electrons. The summed E-state index contributed by atoms with van der Waals surface area (Å²) in [5.41, 5.74) is 0. The van der Waals surface area contributed by atoms with Crippen molar-refractivity contribution in [2.24, 2.45) is 0 Å². The van der Waals surface area contributed by atoms with E-state index in [0.29, 0.717) is 0 Å². The Bertz CT molecular complexity index is 74.4. The molecule has 0 aliphatic rings. The molecule has 0 aliphatic heterocycles. The molecular formula is C4H6F2O2. The van der Waals surface area contributed by atoms with Gasteiger partial charge in [-0.3, -0.25) is 4.79 Å². The van der Waals surface area contributed by atoms with Crippen LogP contribution in [0.3, 0.4) is 0 Å². The summed E-state index contributed by atoms with van der Waals surface area (Å²) in [4.78, 5) is 9.36. The molecule has 0 bridgehead atoms. The molecule has 1 unspecified atom stereocenters. The maximum atomic E-state index is 11.3. The van der Waals surface area contributed by atoms with Crippen LogP contribution in [0.15, 0.2) is 0 Å². The van der Waals surface area contributed by atoms with Crippen molar-refractivity contribution in [3.63, 3.8) is 0 Å². The fourth-order valence-corrected chi connectivity index (χ4v) is 0.147. The van der Waals surface area contributed by atoms with Gasteiger partial charge in [0.25, 0.3) is 12.9 Å². The second kappa shape index (κ2) is 3.35. The Hall–Kier alpha value is -0.670. The van der Waals surface area contributed by atoms with Gasteiger partial charge in [0.15, 0.2) is 6.10 Å². The van der Waals surface area contributed by atoms with Crippen LogP contribution >= 0.6 is 0 Å². The quantitative estimate of drug-likeness (QED) is 0.520. The number of hydrogen-bond acceptors (Lipinski definition) is 2. The van der Waals surface area contributed by atoms with Gasteiger partial charge in [-0.25, -0.2) is 8.78 Å². The molecule has 0 aliphatic carbocycles. The van der Waals surface area contributed by atoms with E-state index < -0.39 is 12.5 Å². The second-order valence-corrected chi connectivity index (χ2v) is 1.27. The van der Waals surface area contributed by atoms with Crippen LogP contribution < -0.4 is 0 Å². The maximum absolute atomic E-state index is 11.3. The van der Waals surface area contributed by atoms with E-state index in [9.17, 15) is 13.6 Å². The molecule has 0 aromatic heterocycles. The lowest BCUT2D eigenvalue weighted by atomic mass is 10.4. The zero-order valence-electron chi connectivity index (χ0n) is 4.30. The van der Waals surface area contributed by atoms with E-state index in [1.807, 2.05) is 0 Å². The summed E-state index contributed by atoms with van der Waals surface area (Å²) >= 11 is 0. The third-order valence-electron chi connectivity index (χ3n) is 0.625. The van der Waals surface area contributed by atoms with Crippen LogP contribution in [0.5, 0.6) is 0 Å². The van der Waals surface area contributed by atoms with Crippen LogP contribution in [-0.2, 0) is 9.53 Å². The lowest BCUT2D eigenvalue weighted by Crippen LogP contribution is -2.16. The molecule has 0 aromatic rings. The fraction of sp³-hybridized carbons (Fsp3) is 0.750. The largest absolute Gasteiger partial charge is 0.459 e. The van der Waals surface area contributed by atoms with E-state index in [1.165, 1.54) is 0 Å². The molecule has 0 heterocycles. The Morgan fingerprint density at radius 3 is 2.25 bits per heavy atom. The van der Waals surface area contributed by atoms with E-state index >= 15 is 0 Å². The van der Waals surface area contributed by atoms with Gasteiger partial charge in [0.2, 0.25) is 0 Å². The van der Waals surface area contributed by atoms with Gasteiger partial charge in [-0.15, -0.1) is 0 Å². The molecule has 0 saturated heterocycles. The third kappa shape index (κ3) is 2.49. The van der Waals surface area contributed by atoms with Crippen molar-refractivity contribution in [2.75, 3.05) is 0 Å². The lowest BCUT2D eigenvalue weighted by Gasteiger charge is -2.05. The second-order valence-electron chi connectivity index (χ2n) is 1.27. The molecule has 8 heavy (non-hydrogen) atoms. The highest BCUT2D eigenvalue weighted by Gasteiger charge is 2.13. The van der Waals surface area contributed by atoms with Gasteiger partial charge < -0.3 is 4.74 Å². The van der Waals surface area contributed by atoms with Crippen LogP contribution in [-0.4, -0.2) is 19.0 Å². The molecule has 4 heteroatoms. The highest BCUT2D eigenvalue weighted by atomic mass is 19.3. The number of alkyl halides is 2. The van der Waals surface area contributed by atoms with Crippen molar-refractivity contribution in [3.8, 4) is 0 Å². The van der Waals surface area contributed by atoms with Gasteiger partial charge in [-0.05, 0) is 6.92 Å². The molecule has 2 nitrogen and oxygen atoms in total. The van der Waals surface area contributed by atoms with Crippen molar-refractivity contribution < 1.29 is 18.3 Å². The molecule has 0 saturated carbocycles. The van der Waals surface area contributed by atoms with Gasteiger partial charge in [-0.2, -0.15) is 0 Å². The van der Waals surface area contributed by atoms with E-state index in [-0.39, 0.29) is 6.47 Å². The number of carbonyl (C=O) groups excluding carboxylic acids is 1. The number of ether oxygens (including phenoxy) is 1. The molecule has 0 fully saturated rings. The minimum atomic E-state index is -2.58. The summed E-state index contributed by atoms with van der Waals surface area (Å²) in [5, 5.41) is 0. The summed E-state index contributed by atoms with van der Waals surface area (Å²) in [5.74, 6) is 0. The summed E-state index contributed by atoms with van der Waals surface area (Å²) in [6.45, 7) is 1.13. The average molecular weight is 124 g/mol. The third-order valence-corrected chi connectivity index (χ3v) is 0.625. The van der Waals surface area contributed by atoms with E-state index in [0.717, 1.165) is 6.92 Å². The Morgan fingerprint density at radius 1 is 1.62 bits per heavy atom. The Morgan fingerprint density at radius 2 is 2.12 bits per heavy atom. The van der Waals surface area contributed by atoms with Gasteiger partial charge in [0.05, 0.1) is 0 Å². The highest BCUT2D eigenvalue weighted by molar-refractivity contribution is 5.37. The zero-order chi connectivity index (χ0) is 6.57. The normalized spacial score (nSPS) is 13.5. The van der Waals surface area contributed by atoms with Gasteiger partial charge in [-0.1, -0.05) is 0 Å². The topological polar surface area (TPSA) is 26.3 Å². The SMILES string of the molecule is CC(OC=O)C(F)F. The average Bonchev–Trinajstić information content (AvgIpc) is 1.67. The van der Waals surface area contributed by atoms with Crippen LogP contribution in [0.2, 0.25) is 0 Å². The van der Waals surface area contributed by atoms with E-state index in [1.54, 1.807) is 0 Å². The Labute approximate surface area is 45.4 Å². The number of hydrogen-bond donors (Lipinski definition) is 0. The zero-order valence-corrected chi connectivity index (χ0v) is 4.30. The number of halogens is 2. The first-order valence-electron chi connectivity index (χ1n) is 2.05. The first-order valence-corrected chi connectivity index (χ1v) is 2.05. The van der Waals surface area contributed by atoms with Gasteiger partial charge in [0.1, 0.15) is 0 Å². The summed E-state index contributed by atoms with van der Waals surface area (Å²) in [6.07, 6.45) is -3.87.